The minimum atomic E-state index is -3.66. The van der Waals surface area contributed by atoms with Crippen LogP contribution in [0.1, 0.15) is 29.3 Å². The van der Waals surface area contributed by atoms with Crippen molar-refractivity contribution in [1.29, 1.82) is 0 Å². The van der Waals surface area contributed by atoms with Crippen LogP contribution in [-0.2, 0) is 14.8 Å². The summed E-state index contributed by atoms with van der Waals surface area (Å²) in [7, 11) is -3.66. The average molecular weight is 413 g/mol. The third-order valence-corrected chi connectivity index (χ3v) is 7.89. The number of carbonyl (C=O) groups excluding carboxylic acids is 1. The van der Waals surface area contributed by atoms with E-state index < -0.39 is 10.0 Å². The number of hydrogen-bond donors (Lipinski definition) is 1. The SMILES string of the molecule is Cc1noc(C)c1S(=O)(=O)N1CCN(C(=O)CNC(C)c2cccs2)CC1. The van der Waals surface area contributed by atoms with Gasteiger partial charge < -0.3 is 14.7 Å². The fraction of sp³-hybridized carbons (Fsp3) is 0.529. The number of nitrogens with zero attached hydrogens (tertiary/aromatic N) is 3. The van der Waals surface area contributed by atoms with Gasteiger partial charge in [-0.05, 0) is 32.2 Å². The van der Waals surface area contributed by atoms with Gasteiger partial charge in [-0.15, -0.1) is 11.3 Å². The summed E-state index contributed by atoms with van der Waals surface area (Å²) in [5.41, 5.74) is 0.359. The van der Waals surface area contributed by atoms with Crippen molar-refractivity contribution < 1.29 is 17.7 Å². The van der Waals surface area contributed by atoms with Gasteiger partial charge in [0.15, 0.2) is 5.76 Å². The van der Waals surface area contributed by atoms with Crippen LogP contribution >= 0.6 is 11.3 Å². The Morgan fingerprint density at radius 3 is 2.59 bits per heavy atom. The number of sulfonamides is 1. The van der Waals surface area contributed by atoms with Gasteiger partial charge in [-0.2, -0.15) is 4.31 Å². The number of thiophene rings is 1. The quantitative estimate of drug-likeness (QED) is 0.773. The van der Waals surface area contributed by atoms with E-state index in [0.717, 1.165) is 0 Å². The Morgan fingerprint density at radius 2 is 2.04 bits per heavy atom. The van der Waals surface area contributed by atoms with Crippen LogP contribution in [0.3, 0.4) is 0 Å². The van der Waals surface area contributed by atoms with Gasteiger partial charge in [0.1, 0.15) is 10.6 Å². The van der Waals surface area contributed by atoms with E-state index in [-0.39, 0.29) is 42.2 Å². The van der Waals surface area contributed by atoms with E-state index in [1.54, 1.807) is 30.1 Å². The molecular formula is C17H24N4O4S2. The van der Waals surface area contributed by atoms with Crippen LogP contribution in [0.25, 0.3) is 0 Å². The highest BCUT2D eigenvalue weighted by Gasteiger charge is 2.34. The number of amides is 1. The van der Waals surface area contributed by atoms with Crippen LogP contribution in [0.4, 0.5) is 0 Å². The molecule has 3 heterocycles. The summed E-state index contributed by atoms with van der Waals surface area (Å²) in [6.07, 6.45) is 0. The number of aryl methyl sites for hydroxylation is 2. The van der Waals surface area contributed by atoms with Crippen molar-refractivity contribution in [3.05, 3.63) is 33.8 Å². The highest BCUT2D eigenvalue weighted by molar-refractivity contribution is 7.89. The van der Waals surface area contributed by atoms with Gasteiger partial charge in [-0.3, -0.25) is 4.79 Å². The first-order valence-electron chi connectivity index (χ1n) is 8.78. The molecular weight excluding hydrogens is 388 g/mol. The lowest BCUT2D eigenvalue weighted by Crippen LogP contribution is -2.52. The first-order valence-corrected chi connectivity index (χ1v) is 11.1. The Labute approximate surface area is 163 Å². The van der Waals surface area contributed by atoms with Crippen molar-refractivity contribution in [2.24, 2.45) is 0 Å². The molecule has 27 heavy (non-hydrogen) atoms. The number of aromatic nitrogens is 1. The summed E-state index contributed by atoms with van der Waals surface area (Å²) in [5, 5.41) is 8.96. The van der Waals surface area contributed by atoms with Gasteiger partial charge in [-0.25, -0.2) is 8.42 Å². The molecule has 10 heteroatoms. The Morgan fingerprint density at radius 1 is 1.33 bits per heavy atom. The maximum Gasteiger partial charge on any atom is 0.248 e. The average Bonchev–Trinajstić information content (AvgIpc) is 3.29. The summed E-state index contributed by atoms with van der Waals surface area (Å²) in [5.74, 6) is 0.269. The maximum absolute atomic E-state index is 12.8. The fourth-order valence-electron chi connectivity index (χ4n) is 3.14. The number of rotatable bonds is 6. The van der Waals surface area contributed by atoms with Crippen LogP contribution in [0.2, 0.25) is 0 Å². The third-order valence-electron chi connectivity index (χ3n) is 4.69. The molecule has 1 atom stereocenters. The zero-order valence-corrected chi connectivity index (χ0v) is 17.3. The molecule has 1 aliphatic rings. The summed E-state index contributed by atoms with van der Waals surface area (Å²) in [6.45, 7) is 6.73. The second-order valence-corrected chi connectivity index (χ2v) is 9.41. The van der Waals surface area contributed by atoms with Gasteiger partial charge >= 0.3 is 0 Å². The molecule has 0 aromatic carbocycles. The van der Waals surface area contributed by atoms with Crippen molar-refractivity contribution in [2.45, 2.75) is 31.7 Å². The smallest absolute Gasteiger partial charge is 0.248 e. The van der Waals surface area contributed by atoms with E-state index in [1.807, 2.05) is 24.4 Å². The van der Waals surface area contributed by atoms with Crippen LogP contribution in [0.15, 0.2) is 26.9 Å². The topological polar surface area (TPSA) is 95.8 Å². The Hall–Kier alpha value is -1.75. The number of nitrogens with one attached hydrogen (secondary N) is 1. The lowest BCUT2D eigenvalue weighted by Gasteiger charge is -2.34. The molecule has 1 N–H and O–H groups in total. The summed E-state index contributed by atoms with van der Waals surface area (Å²) in [4.78, 5) is 15.5. The minimum absolute atomic E-state index is 0.0206. The maximum atomic E-state index is 12.8. The fourth-order valence-corrected chi connectivity index (χ4v) is 5.61. The zero-order chi connectivity index (χ0) is 19.6. The number of hydrogen-bond acceptors (Lipinski definition) is 7. The predicted octanol–water partition coefficient (Wildman–Crippen LogP) is 1.54. The Kier molecular flexibility index (Phi) is 5.99. The number of carbonyl (C=O) groups is 1. The summed E-state index contributed by atoms with van der Waals surface area (Å²) >= 11 is 1.65. The Bertz CT molecular complexity index is 865. The molecule has 0 aliphatic carbocycles. The van der Waals surface area contributed by atoms with Crippen LogP contribution in [-0.4, -0.2) is 61.4 Å². The van der Waals surface area contributed by atoms with E-state index in [1.165, 1.54) is 9.18 Å². The standard InChI is InChI=1S/C17H24N4O4S2/c1-12(15-5-4-10-26-15)18-11-16(22)20-6-8-21(9-7-20)27(23,24)17-13(2)19-25-14(17)3/h4-5,10,12,18H,6-9,11H2,1-3H3. The molecule has 1 aliphatic heterocycles. The van der Waals surface area contributed by atoms with Gasteiger partial charge in [-0.1, -0.05) is 11.2 Å². The normalized spacial score (nSPS) is 17.2. The molecule has 2 aromatic rings. The molecule has 0 saturated carbocycles. The molecule has 1 saturated heterocycles. The molecule has 3 rings (SSSR count). The van der Waals surface area contributed by atoms with Crippen molar-refractivity contribution in [3.8, 4) is 0 Å². The number of piperazine rings is 1. The zero-order valence-electron chi connectivity index (χ0n) is 15.6. The van der Waals surface area contributed by atoms with Gasteiger partial charge in [0.25, 0.3) is 0 Å². The first kappa shape index (κ1) is 20.0. The van der Waals surface area contributed by atoms with Crippen molar-refractivity contribution in [1.82, 2.24) is 19.7 Å². The Balaban J connectivity index is 1.55. The lowest BCUT2D eigenvalue weighted by molar-refractivity contribution is -0.131. The molecule has 0 radical (unpaired) electrons. The van der Waals surface area contributed by atoms with E-state index >= 15 is 0 Å². The van der Waals surface area contributed by atoms with E-state index in [4.69, 9.17) is 4.52 Å². The van der Waals surface area contributed by atoms with Crippen LogP contribution in [0, 0.1) is 13.8 Å². The third kappa shape index (κ3) is 4.23. The highest BCUT2D eigenvalue weighted by Crippen LogP contribution is 2.24. The van der Waals surface area contributed by atoms with E-state index in [9.17, 15) is 13.2 Å². The molecule has 1 unspecified atom stereocenters. The van der Waals surface area contributed by atoms with Gasteiger partial charge in [0, 0.05) is 37.1 Å². The van der Waals surface area contributed by atoms with Gasteiger partial charge in [0.2, 0.25) is 15.9 Å². The lowest BCUT2D eigenvalue weighted by atomic mass is 10.2. The van der Waals surface area contributed by atoms with Crippen molar-refractivity contribution >= 4 is 27.3 Å². The van der Waals surface area contributed by atoms with Crippen molar-refractivity contribution in [2.75, 3.05) is 32.7 Å². The van der Waals surface area contributed by atoms with E-state index in [0.29, 0.717) is 18.8 Å². The van der Waals surface area contributed by atoms with E-state index in [2.05, 4.69) is 10.5 Å². The molecule has 8 nitrogen and oxygen atoms in total. The summed E-state index contributed by atoms with van der Waals surface area (Å²) in [6, 6.07) is 4.12. The summed E-state index contributed by atoms with van der Waals surface area (Å²) < 4.78 is 32.0. The van der Waals surface area contributed by atoms with Crippen LogP contribution < -0.4 is 5.32 Å². The molecule has 1 fully saturated rings. The molecule has 0 spiro atoms. The van der Waals surface area contributed by atoms with Crippen LogP contribution in [0.5, 0.6) is 0 Å². The molecule has 148 valence electrons. The van der Waals surface area contributed by atoms with Gasteiger partial charge in [0.05, 0.1) is 6.54 Å². The molecule has 0 bridgehead atoms. The molecule has 2 aromatic heterocycles. The van der Waals surface area contributed by atoms with Crippen molar-refractivity contribution in [3.63, 3.8) is 0 Å². The highest BCUT2D eigenvalue weighted by atomic mass is 32.2. The second kappa shape index (κ2) is 8.09. The monoisotopic (exact) mass is 412 g/mol. The predicted molar refractivity (Wildman–Crippen MR) is 102 cm³/mol. The largest absolute Gasteiger partial charge is 0.360 e. The molecule has 1 amide bonds. The minimum Gasteiger partial charge on any atom is -0.360 e. The first-order chi connectivity index (χ1) is 12.8. The second-order valence-electron chi connectivity index (χ2n) is 6.56.